The lowest BCUT2D eigenvalue weighted by molar-refractivity contribution is -0.142. The number of ether oxygens (including phenoxy) is 1. The van der Waals surface area contributed by atoms with Crippen LogP contribution in [0.3, 0.4) is 0 Å². The fourth-order valence-electron chi connectivity index (χ4n) is 2.16. The molecule has 0 fully saturated rings. The van der Waals surface area contributed by atoms with Crippen molar-refractivity contribution in [1.82, 2.24) is 9.55 Å². The Kier molecular flexibility index (Phi) is 4.10. The van der Waals surface area contributed by atoms with Crippen molar-refractivity contribution in [2.75, 3.05) is 6.61 Å². The second-order valence-corrected chi connectivity index (χ2v) is 5.04. The molecule has 0 N–H and O–H groups in total. The Balaban J connectivity index is 2.48. The van der Waals surface area contributed by atoms with Gasteiger partial charge in [-0.25, -0.2) is 4.98 Å². The molecule has 5 heteroatoms. The van der Waals surface area contributed by atoms with Crippen molar-refractivity contribution in [1.29, 1.82) is 0 Å². The van der Waals surface area contributed by atoms with Crippen molar-refractivity contribution in [2.45, 2.75) is 33.2 Å². The Morgan fingerprint density at radius 3 is 2.84 bits per heavy atom. The van der Waals surface area contributed by atoms with E-state index < -0.39 is 0 Å². The molecule has 1 heterocycles. The molecule has 102 valence electrons. The summed E-state index contributed by atoms with van der Waals surface area (Å²) in [6.07, 6.45) is 0.179. The lowest BCUT2D eigenvalue weighted by atomic mass is 10.3. The van der Waals surface area contributed by atoms with E-state index in [1.807, 2.05) is 16.7 Å². The fraction of sp³-hybridized carbons (Fsp3) is 0.429. The van der Waals surface area contributed by atoms with Gasteiger partial charge in [0.15, 0.2) is 0 Å². The summed E-state index contributed by atoms with van der Waals surface area (Å²) in [5.74, 6) is 0.455. The molecule has 2 rings (SSSR count). The average Bonchev–Trinajstić information content (AvgIpc) is 2.66. The van der Waals surface area contributed by atoms with E-state index in [0.29, 0.717) is 17.5 Å². The Morgan fingerprint density at radius 1 is 1.47 bits per heavy atom. The molecule has 4 nitrogen and oxygen atoms in total. The Labute approximate surface area is 117 Å². The van der Waals surface area contributed by atoms with E-state index in [-0.39, 0.29) is 18.4 Å². The number of esters is 1. The van der Waals surface area contributed by atoms with Gasteiger partial charge in [0.1, 0.15) is 12.2 Å². The van der Waals surface area contributed by atoms with Gasteiger partial charge in [0.25, 0.3) is 0 Å². The van der Waals surface area contributed by atoms with Gasteiger partial charge in [0.2, 0.25) is 0 Å². The molecule has 0 spiro atoms. The number of benzene rings is 1. The summed E-state index contributed by atoms with van der Waals surface area (Å²) < 4.78 is 7.01. The second kappa shape index (κ2) is 5.61. The summed E-state index contributed by atoms with van der Waals surface area (Å²) in [7, 11) is 0. The lowest BCUT2D eigenvalue weighted by Crippen LogP contribution is -2.14. The quantitative estimate of drug-likeness (QED) is 0.807. The van der Waals surface area contributed by atoms with E-state index in [0.717, 1.165) is 11.0 Å². The van der Waals surface area contributed by atoms with Crippen LogP contribution in [0.5, 0.6) is 0 Å². The monoisotopic (exact) mass is 280 g/mol. The van der Waals surface area contributed by atoms with Crippen LogP contribution in [0.4, 0.5) is 0 Å². The summed E-state index contributed by atoms with van der Waals surface area (Å²) in [5, 5.41) is 0.664. The number of imidazole rings is 1. The highest BCUT2D eigenvalue weighted by Crippen LogP contribution is 2.24. The number of carbonyl (C=O) groups is 1. The van der Waals surface area contributed by atoms with E-state index in [1.54, 1.807) is 13.0 Å². The second-order valence-electron chi connectivity index (χ2n) is 4.61. The van der Waals surface area contributed by atoms with Gasteiger partial charge >= 0.3 is 5.97 Å². The molecule has 1 aromatic carbocycles. The third-order valence-corrected chi connectivity index (χ3v) is 3.08. The highest BCUT2D eigenvalue weighted by molar-refractivity contribution is 6.31. The number of hydrogen-bond donors (Lipinski definition) is 0. The number of hydrogen-bond acceptors (Lipinski definition) is 3. The average molecular weight is 281 g/mol. The van der Waals surface area contributed by atoms with Gasteiger partial charge < -0.3 is 9.30 Å². The van der Waals surface area contributed by atoms with Crippen LogP contribution >= 0.6 is 11.6 Å². The summed E-state index contributed by atoms with van der Waals surface area (Å²) in [6.45, 7) is 6.28. The Hall–Kier alpha value is -1.55. The van der Waals surface area contributed by atoms with Gasteiger partial charge in [-0.1, -0.05) is 11.6 Å². The van der Waals surface area contributed by atoms with E-state index in [2.05, 4.69) is 18.8 Å². The van der Waals surface area contributed by atoms with Crippen LogP contribution in [0.25, 0.3) is 11.0 Å². The van der Waals surface area contributed by atoms with Crippen molar-refractivity contribution in [3.8, 4) is 0 Å². The molecule has 0 aliphatic rings. The summed E-state index contributed by atoms with van der Waals surface area (Å²) in [4.78, 5) is 16.1. The zero-order chi connectivity index (χ0) is 14.0. The molecule has 1 aromatic heterocycles. The van der Waals surface area contributed by atoms with E-state index in [1.165, 1.54) is 0 Å². The lowest BCUT2D eigenvalue weighted by Gasteiger charge is -2.12. The molecule has 2 aromatic rings. The van der Waals surface area contributed by atoms with Crippen LogP contribution in [-0.4, -0.2) is 22.1 Å². The zero-order valence-corrected chi connectivity index (χ0v) is 12.1. The van der Waals surface area contributed by atoms with Crippen LogP contribution in [0.15, 0.2) is 18.2 Å². The maximum atomic E-state index is 11.6. The molecule has 0 bridgehead atoms. The van der Waals surface area contributed by atoms with Crippen molar-refractivity contribution in [3.05, 3.63) is 29.0 Å². The van der Waals surface area contributed by atoms with Crippen LogP contribution in [0, 0.1) is 0 Å². The first kappa shape index (κ1) is 13.9. The Morgan fingerprint density at radius 2 is 2.21 bits per heavy atom. The minimum absolute atomic E-state index is 0.179. The molecule has 0 saturated carbocycles. The standard InChI is InChI=1S/C14H17ClN2O2/c1-4-19-14(18)8-13-16-11-6-5-10(15)7-12(11)17(13)9(2)3/h5-7,9H,4,8H2,1-3H3. The van der Waals surface area contributed by atoms with Crippen molar-refractivity contribution >= 4 is 28.6 Å². The summed E-state index contributed by atoms with van der Waals surface area (Å²) >= 11 is 6.03. The van der Waals surface area contributed by atoms with Gasteiger partial charge in [-0.2, -0.15) is 0 Å². The summed E-state index contributed by atoms with van der Waals surface area (Å²) in [5.41, 5.74) is 1.79. The fourth-order valence-corrected chi connectivity index (χ4v) is 2.32. The van der Waals surface area contributed by atoms with E-state index in [4.69, 9.17) is 16.3 Å². The molecular weight excluding hydrogens is 264 g/mol. The number of fused-ring (bicyclic) bond motifs is 1. The zero-order valence-electron chi connectivity index (χ0n) is 11.3. The normalized spacial score (nSPS) is 11.2. The van der Waals surface area contributed by atoms with Crippen LogP contribution < -0.4 is 0 Å². The van der Waals surface area contributed by atoms with E-state index >= 15 is 0 Å². The Bertz CT molecular complexity index is 605. The van der Waals surface area contributed by atoms with Crippen molar-refractivity contribution < 1.29 is 9.53 Å². The highest BCUT2D eigenvalue weighted by atomic mass is 35.5. The number of aromatic nitrogens is 2. The number of halogens is 1. The van der Waals surface area contributed by atoms with Gasteiger partial charge in [0, 0.05) is 11.1 Å². The molecular formula is C14H17ClN2O2. The van der Waals surface area contributed by atoms with E-state index in [9.17, 15) is 4.79 Å². The highest BCUT2D eigenvalue weighted by Gasteiger charge is 2.16. The van der Waals surface area contributed by atoms with Crippen LogP contribution in [-0.2, 0) is 16.0 Å². The molecule has 0 aliphatic carbocycles. The van der Waals surface area contributed by atoms with Gasteiger partial charge in [-0.05, 0) is 39.0 Å². The molecule has 0 aliphatic heterocycles. The largest absolute Gasteiger partial charge is 0.466 e. The molecule has 0 atom stereocenters. The molecule has 0 saturated heterocycles. The van der Waals surface area contributed by atoms with Crippen LogP contribution in [0.2, 0.25) is 5.02 Å². The molecule has 0 amide bonds. The van der Waals surface area contributed by atoms with Crippen molar-refractivity contribution in [2.24, 2.45) is 0 Å². The number of nitrogens with zero attached hydrogens (tertiary/aromatic N) is 2. The summed E-state index contributed by atoms with van der Waals surface area (Å²) in [6, 6.07) is 5.74. The first-order valence-electron chi connectivity index (χ1n) is 6.35. The number of rotatable bonds is 4. The molecule has 19 heavy (non-hydrogen) atoms. The minimum Gasteiger partial charge on any atom is -0.466 e. The number of carbonyl (C=O) groups excluding carboxylic acids is 1. The van der Waals surface area contributed by atoms with Crippen molar-refractivity contribution in [3.63, 3.8) is 0 Å². The predicted molar refractivity (Wildman–Crippen MR) is 75.5 cm³/mol. The SMILES string of the molecule is CCOC(=O)Cc1nc2ccc(Cl)cc2n1C(C)C. The topological polar surface area (TPSA) is 44.1 Å². The minimum atomic E-state index is -0.259. The van der Waals surface area contributed by atoms with Crippen LogP contribution in [0.1, 0.15) is 32.6 Å². The maximum Gasteiger partial charge on any atom is 0.313 e. The van der Waals surface area contributed by atoms with Gasteiger partial charge in [0.05, 0.1) is 17.6 Å². The first-order valence-corrected chi connectivity index (χ1v) is 6.72. The maximum absolute atomic E-state index is 11.6. The molecule has 0 radical (unpaired) electrons. The molecule has 0 unspecified atom stereocenters. The van der Waals surface area contributed by atoms with Gasteiger partial charge in [-0.15, -0.1) is 0 Å². The smallest absolute Gasteiger partial charge is 0.313 e. The first-order chi connectivity index (χ1) is 9.02. The van der Waals surface area contributed by atoms with Gasteiger partial charge in [-0.3, -0.25) is 4.79 Å². The third-order valence-electron chi connectivity index (χ3n) is 2.85. The predicted octanol–water partition coefficient (Wildman–Crippen LogP) is 3.38. The third kappa shape index (κ3) is 2.89.